The van der Waals surface area contributed by atoms with Crippen molar-refractivity contribution in [3.63, 3.8) is 0 Å². The standard InChI is InChI=1S/C20H29ClO6/c1-14-15(17(23)19(26-3)18(25-2)16(14)22)12-10-8-6-4-5-7-9-11-13-27-20(21)24/h10,12,22-23H,4-9,11,13H2,1-3H3/b12-10+. The van der Waals surface area contributed by atoms with Crippen LogP contribution in [0.2, 0.25) is 0 Å². The van der Waals surface area contributed by atoms with Crippen molar-refractivity contribution < 1.29 is 29.2 Å². The van der Waals surface area contributed by atoms with E-state index in [4.69, 9.17) is 21.1 Å². The number of carbonyl (C=O) groups is 1. The van der Waals surface area contributed by atoms with Crippen molar-refractivity contribution >= 4 is 23.1 Å². The Hall–Kier alpha value is -2.08. The van der Waals surface area contributed by atoms with Gasteiger partial charge >= 0.3 is 5.43 Å². The Kier molecular flexibility index (Phi) is 10.5. The largest absolute Gasteiger partial charge is 0.504 e. The molecule has 0 amide bonds. The first-order chi connectivity index (χ1) is 12.9. The van der Waals surface area contributed by atoms with E-state index in [1.165, 1.54) is 14.2 Å². The van der Waals surface area contributed by atoms with Crippen molar-refractivity contribution in [1.29, 1.82) is 0 Å². The fourth-order valence-electron chi connectivity index (χ4n) is 2.82. The van der Waals surface area contributed by atoms with Gasteiger partial charge in [0.15, 0.2) is 11.5 Å². The van der Waals surface area contributed by atoms with Crippen molar-refractivity contribution in [2.24, 2.45) is 0 Å². The van der Waals surface area contributed by atoms with Gasteiger partial charge in [0.2, 0.25) is 11.5 Å². The van der Waals surface area contributed by atoms with E-state index < -0.39 is 5.43 Å². The second-order valence-corrected chi connectivity index (χ2v) is 6.51. The van der Waals surface area contributed by atoms with Crippen LogP contribution >= 0.6 is 11.6 Å². The summed E-state index contributed by atoms with van der Waals surface area (Å²) in [6, 6.07) is 0. The first kappa shape index (κ1) is 23.0. The number of phenols is 2. The molecule has 7 heteroatoms. The van der Waals surface area contributed by atoms with E-state index in [1.54, 1.807) is 13.0 Å². The molecule has 1 aromatic rings. The minimum absolute atomic E-state index is 0.0355. The number of aromatic hydroxyl groups is 2. The Bertz CT molecular complexity index is 642. The minimum atomic E-state index is -0.745. The highest BCUT2D eigenvalue weighted by Gasteiger charge is 2.21. The molecule has 0 aliphatic rings. The number of ether oxygens (including phenoxy) is 3. The van der Waals surface area contributed by atoms with E-state index >= 15 is 0 Å². The molecule has 0 aliphatic heterocycles. The molecule has 0 saturated carbocycles. The van der Waals surface area contributed by atoms with Crippen LogP contribution in [0.25, 0.3) is 6.08 Å². The molecule has 0 spiro atoms. The van der Waals surface area contributed by atoms with Gasteiger partial charge in [-0.2, -0.15) is 0 Å². The summed E-state index contributed by atoms with van der Waals surface area (Å²) in [6.45, 7) is 2.10. The molecule has 0 aliphatic carbocycles. The third-order valence-corrected chi connectivity index (χ3v) is 4.43. The van der Waals surface area contributed by atoms with Gasteiger partial charge in [0.1, 0.15) is 0 Å². The summed E-state index contributed by atoms with van der Waals surface area (Å²) in [5, 5.41) is 20.6. The van der Waals surface area contributed by atoms with Gasteiger partial charge in [-0.1, -0.05) is 37.8 Å². The number of carbonyl (C=O) groups excluding carboxylic acids is 1. The summed E-state index contributed by atoms with van der Waals surface area (Å²) in [7, 11) is 2.83. The molecule has 2 N–H and O–H groups in total. The van der Waals surface area contributed by atoms with Crippen LogP contribution < -0.4 is 9.47 Å². The van der Waals surface area contributed by atoms with Crippen molar-refractivity contribution in [1.82, 2.24) is 0 Å². The van der Waals surface area contributed by atoms with Crippen LogP contribution in [0, 0.1) is 6.92 Å². The Morgan fingerprint density at radius 3 is 2.11 bits per heavy atom. The molecule has 0 aromatic heterocycles. The fraction of sp³-hybridized carbons (Fsp3) is 0.550. The van der Waals surface area contributed by atoms with E-state index in [9.17, 15) is 15.0 Å². The summed E-state index contributed by atoms with van der Waals surface area (Å²) >= 11 is 5.08. The molecular formula is C20H29ClO6. The summed E-state index contributed by atoms with van der Waals surface area (Å²) in [5.74, 6) is 0.177. The number of halogens is 1. The van der Waals surface area contributed by atoms with Gasteiger partial charge in [0.05, 0.1) is 20.8 Å². The molecule has 0 radical (unpaired) electrons. The van der Waals surface area contributed by atoms with Gasteiger partial charge in [-0.25, -0.2) is 4.79 Å². The molecule has 1 aromatic carbocycles. The van der Waals surface area contributed by atoms with Gasteiger partial charge in [0, 0.05) is 22.7 Å². The molecule has 0 bridgehead atoms. The van der Waals surface area contributed by atoms with Crippen LogP contribution in [-0.4, -0.2) is 36.5 Å². The van der Waals surface area contributed by atoms with Crippen LogP contribution in [0.3, 0.4) is 0 Å². The van der Waals surface area contributed by atoms with Crippen molar-refractivity contribution in [2.45, 2.75) is 51.9 Å². The van der Waals surface area contributed by atoms with Crippen molar-refractivity contribution in [3.05, 3.63) is 17.2 Å². The number of allylic oxidation sites excluding steroid dienone is 1. The van der Waals surface area contributed by atoms with Gasteiger partial charge in [-0.15, -0.1) is 0 Å². The van der Waals surface area contributed by atoms with Crippen molar-refractivity contribution in [3.8, 4) is 23.0 Å². The number of phenolic OH excluding ortho intramolecular Hbond substituents is 2. The SMILES string of the molecule is COc1c(O)c(C)c(/C=C/CCCCCCCCOC(=O)Cl)c(O)c1OC. The maximum atomic E-state index is 10.4. The fourth-order valence-corrected chi connectivity index (χ4v) is 2.90. The minimum Gasteiger partial charge on any atom is -0.504 e. The predicted molar refractivity (Wildman–Crippen MR) is 106 cm³/mol. The average Bonchev–Trinajstić information content (AvgIpc) is 2.64. The molecule has 0 heterocycles. The molecule has 27 heavy (non-hydrogen) atoms. The summed E-state index contributed by atoms with van der Waals surface area (Å²) in [5.41, 5.74) is 0.323. The Balaban J connectivity index is 2.41. The van der Waals surface area contributed by atoms with E-state index in [0.29, 0.717) is 17.7 Å². The zero-order valence-electron chi connectivity index (χ0n) is 16.2. The quantitative estimate of drug-likeness (QED) is 0.272. The number of methoxy groups -OCH3 is 2. The van der Waals surface area contributed by atoms with E-state index in [2.05, 4.69) is 4.74 Å². The molecule has 0 saturated heterocycles. The normalized spacial score (nSPS) is 11.0. The second-order valence-electron chi connectivity index (χ2n) is 6.20. The van der Waals surface area contributed by atoms with Gasteiger partial charge < -0.3 is 24.4 Å². The average molecular weight is 401 g/mol. The number of hydrogen-bond acceptors (Lipinski definition) is 6. The lowest BCUT2D eigenvalue weighted by atomic mass is 10.0. The first-order valence-electron chi connectivity index (χ1n) is 9.09. The van der Waals surface area contributed by atoms with Crippen LogP contribution in [0.4, 0.5) is 4.79 Å². The highest BCUT2D eigenvalue weighted by atomic mass is 35.5. The van der Waals surface area contributed by atoms with Crippen LogP contribution in [0.15, 0.2) is 6.08 Å². The molecule has 0 atom stereocenters. The number of rotatable bonds is 12. The Morgan fingerprint density at radius 2 is 1.52 bits per heavy atom. The summed E-state index contributed by atoms with van der Waals surface area (Å²) < 4.78 is 14.9. The number of hydrogen-bond donors (Lipinski definition) is 2. The number of unbranched alkanes of at least 4 members (excludes halogenated alkanes) is 6. The zero-order valence-corrected chi connectivity index (χ0v) is 17.0. The van der Waals surface area contributed by atoms with Crippen LogP contribution in [0.1, 0.15) is 56.1 Å². The summed E-state index contributed by atoms with van der Waals surface area (Å²) in [4.78, 5) is 10.4. The van der Waals surface area contributed by atoms with E-state index in [-0.39, 0.29) is 23.0 Å². The molecule has 6 nitrogen and oxygen atoms in total. The first-order valence-corrected chi connectivity index (χ1v) is 9.47. The number of benzene rings is 1. The molecule has 152 valence electrons. The Morgan fingerprint density at radius 1 is 0.963 bits per heavy atom. The lowest BCUT2D eigenvalue weighted by Gasteiger charge is -2.16. The van der Waals surface area contributed by atoms with E-state index in [1.807, 2.05) is 6.08 Å². The van der Waals surface area contributed by atoms with Crippen LogP contribution in [0.5, 0.6) is 23.0 Å². The highest BCUT2D eigenvalue weighted by Crippen LogP contribution is 2.48. The third kappa shape index (κ3) is 7.21. The van der Waals surface area contributed by atoms with Gasteiger partial charge in [-0.05, 0) is 26.2 Å². The van der Waals surface area contributed by atoms with Crippen LogP contribution in [-0.2, 0) is 4.74 Å². The van der Waals surface area contributed by atoms with Gasteiger partial charge in [0.25, 0.3) is 0 Å². The predicted octanol–water partition coefficient (Wildman–Crippen LogP) is 5.54. The molecular weight excluding hydrogens is 372 g/mol. The third-order valence-electron chi connectivity index (χ3n) is 4.32. The van der Waals surface area contributed by atoms with E-state index in [0.717, 1.165) is 44.9 Å². The lowest BCUT2D eigenvalue weighted by Crippen LogP contribution is -1.96. The summed E-state index contributed by atoms with van der Waals surface area (Å²) in [6.07, 6.45) is 10.8. The topological polar surface area (TPSA) is 85.2 Å². The van der Waals surface area contributed by atoms with Gasteiger partial charge in [-0.3, -0.25) is 0 Å². The smallest absolute Gasteiger partial charge is 0.403 e. The maximum Gasteiger partial charge on any atom is 0.403 e. The second kappa shape index (κ2) is 12.3. The zero-order chi connectivity index (χ0) is 20.2. The highest BCUT2D eigenvalue weighted by molar-refractivity contribution is 6.61. The lowest BCUT2D eigenvalue weighted by molar-refractivity contribution is 0.170. The van der Waals surface area contributed by atoms with Crippen molar-refractivity contribution in [2.75, 3.05) is 20.8 Å². The molecule has 0 fully saturated rings. The molecule has 0 unspecified atom stereocenters. The monoisotopic (exact) mass is 400 g/mol. The maximum absolute atomic E-state index is 10.4. The Labute approximate surface area is 165 Å². The molecule has 1 rings (SSSR count).